The first kappa shape index (κ1) is 18.6. The van der Waals surface area contributed by atoms with Crippen LogP contribution in [0.1, 0.15) is 31.2 Å². The van der Waals surface area contributed by atoms with Gasteiger partial charge in [0.05, 0.1) is 23.2 Å². The van der Waals surface area contributed by atoms with E-state index in [-0.39, 0.29) is 16.9 Å². The number of hydrogen-bond acceptors (Lipinski definition) is 5. The molecule has 4 rings (SSSR count). The van der Waals surface area contributed by atoms with E-state index in [9.17, 15) is 14.4 Å². The molecule has 1 N–H and O–H groups in total. The summed E-state index contributed by atoms with van der Waals surface area (Å²) in [6.45, 7) is 4.26. The normalized spacial score (nSPS) is 11.1. The molecule has 8 heteroatoms. The van der Waals surface area contributed by atoms with Crippen LogP contribution in [0.3, 0.4) is 0 Å². The molecule has 0 atom stereocenters. The van der Waals surface area contributed by atoms with Crippen LogP contribution in [-0.4, -0.2) is 26.4 Å². The predicted octanol–water partition coefficient (Wildman–Crippen LogP) is 3.76. The molecule has 7 nitrogen and oxygen atoms in total. The monoisotopic (exact) mass is 391 g/mol. The maximum atomic E-state index is 14.8. The van der Waals surface area contributed by atoms with Crippen molar-refractivity contribution >= 4 is 21.9 Å². The Kier molecular flexibility index (Phi) is 4.72. The molecule has 1 aromatic carbocycles. The Labute approximate surface area is 165 Å². The number of aromatic nitrogens is 4. The molecule has 0 aliphatic rings. The number of nitrogens with one attached hydrogen (secondary N) is 1. The van der Waals surface area contributed by atoms with E-state index in [1.54, 1.807) is 25.1 Å². The number of H-pyrrole nitrogens is 1. The van der Waals surface area contributed by atoms with E-state index in [4.69, 9.17) is 4.74 Å². The first-order valence-corrected chi connectivity index (χ1v) is 9.28. The summed E-state index contributed by atoms with van der Waals surface area (Å²) in [5.41, 5.74) is 1.58. The minimum absolute atomic E-state index is 0.146. The van der Waals surface area contributed by atoms with Gasteiger partial charge in [0.2, 0.25) is 0 Å². The van der Waals surface area contributed by atoms with E-state index in [0.29, 0.717) is 40.0 Å². The summed E-state index contributed by atoms with van der Waals surface area (Å²) in [6, 6.07) is 9.53. The van der Waals surface area contributed by atoms with Crippen LogP contribution in [0, 0.1) is 24.1 Å². The molecular weight excluding hydrogens is 373 g/mol. The number of pyridine rings is 2. The molecule has 0 saturated heterocycles. The third kappa shape index (κ3) is 3.21. The van der Waals surface area contributed by atoms with E-state index in [2.05, 4.69) is 22.0 Å². The van der Waals surface area contributed by atoms with E-state index in [0.717, 1.165) is 12.8 Å². The molecule has 0 saturated carbocycles. The van der Waals surface area contributed by atoms with Crippen LogP contribution < -0.4 is 10.3 Å². The number of hydrogen-bond donors (Lipinski definition) is 1. The first-order valence-electron chi connectivity index (χ1n) is 9.28. The number of halogens is 1. The molecule has 146 valence electrons. The lowest BCUT2D eigenvalue weighted by Crippen LogP contribution is -2.09. The number of nitriles is 1. The highest BCUT2D eigenvalue weighted by Gasteiger charge is 2.20. The molecular formula is C21H18FN5O2. The fraction of sp³-hybridized carbons (Fsp3) is 0.238. The van der Waals surface area contributed by atoms with Gasteiger partial charge in [0, 0.05) is 6.07 Å². The Morgan fingerprint density at radius 1 is 1.31 bits per heavy atom. The minimum Gasteiger partial charge on any atom is -0.494 e. The molecule has 0 bridgehead atoms. The van der Waals surface area contributed by atoms with Crippen LogP contribution in [0.15, 0.2) is 35.1 Å². The highest BCUT2D eigenvalue weighted by atomic mass is 19.1. The van der Waals surface area contributed by atoms with E-state index >= 15 is 0 Å². The molecule has 3 aromatic heterocycles. The van der Waals surface area contributed by atoms with Gasteiger partial charge in [-0.25, -0.2) is 14.1 Å². The lowest BCUT2D eigenvalue weighted by molar-refractivity contribution is 0.309. The maximum absolute atomic E-state index is 14.8. The van der Waals surface area contributed by atoms with Gasteiger partial charge in [0.25, 0.3) is 5.56 Å². The minimum atomic E-state index is -0.512. The van der Waals surface area contributed by atoms with E-state index < -0.39 is 5.82 Å². The lowest BCUT2D eigenvalue weighted by Gasteiger charge is -2.10. The van der Waals surface area contributed by atoms with Crippen molar-refractivity contribution in [1.82, 2.24) is 19.7 Å². The molecule has 29 heavy (non-hydrogen) atoms. The number of ether oxygens (including phenoxy) is 1. The molecule has 0 aliphatic heterocycles. The Hall–Kier alpha value is -3.73. The topological polar surface area (TPSA) is 96.6 Å². The average Bonchev–Trinajstić information content (AvgIpc) is 3.07. The van der Waals surface area contributed by atoms with Gasteiger partial charge >= 0.3 is 0 Å². The van der Waals surface area contributed by atoms with Gasteiger partial charge in [-0.1, -0.05) is 13.3 Å². The summed E-state index contributed by atoms with van der Waals surface area (Å²) < 4.78 is 21.8. The second kappa shape index (κ2) is 7.36. The average molecular weight is 391 g/mol. The molecule has 0 radical (unpaired) electrons. The van der Waals surface area contributed by atoms with Crippen molar-refractivity contribution < 1.29 is 9.13 Å². The van der Waals surface area contributed by atoms with Gasteiger partial charge in [-0.3, -0.25) is 4.79 Å². The maximum Gasteiger partial charge on any atom is 0.259 e. The van der Waals surface area contributed by atoms with Crippen LogP contribution in [-0.2, 0) is 0 Å². The lowest BCUT2D eigenvalue weighted by atomic mass is 10.2. The molecule has 0 unspecified atom stereocenters. The molecule has 0 spiro atoms. The summed E-state index contributed by atoms with van der Waals surface area (Å²) >= 11 is 0. The zero-order valence-corrected chi connectivity index (χ0v) is 16.0. The fourth-order valence-corrected chi connectivity index (χ4v) is 3.26. The van der Waals surface area contributed by atoms with Crippen LogP contribution in [0.4, 0.5) is 4.39 Å². The Balaban J connectivity index is 2.01. The Morgan fingerprint density at radius 3 is 2.90 bits per heavy atom. The van der Waals surface area contributed by atoms with Crippen molar-refractivity contribution in [2.75, 3.05) is 6.61 Å². The van der Waals surface area contributed by atoms with Crippen molar-refractivity contribution in [2.24, 2.45) is 0 Å². The smallest absolute Gasteiger partial charge is 0.259 e. The van der Waals surface area contributed by atoms with Crippen molar-refractivity contribution in [3.8, 4) is 17.5 Å². The molecule has 4 aromatic rings. The first-order chi connectivity index (χ1) is 14.0. The highest BCUT2D eigenvalue weighted by molar-refractivity contribution is 6.02. The van der Waals surface area contributed by atoms with E-state index in [1.165, 1.54) is 16.8 Å². The Morgan fingerprint density at radius 2 is 2.14 bits per heavy atom. The molecule has 3 heterocycles. The van der Waals surface area contributed by atoms with Crippen molar-refractivity contribution in [3.63, 3.8) is 0 Å². The standard InChI is InChI=1S/C21H18FN5O2/c1-3-4-9-29-14-6-7-15(22)17(10-14)27-20-18(12(2)26-27)21(28)25-16-8-5-13(11-23)24-19(16)20/h5-8,10H,3-4,9H2,1-2H3,(H,25,28). The summed E-state index contributed by atoms with van der Waals surface area (Å²) in [4.78, 5) is 19.7. The summed E-state index contributed by atoms with van der Waals surface area (Å²) in [5, 5.41) is 13.9. The molecule has 0 fully saturated rings. The summed E-state index contributed by atoms with van der Waals surface area (Å²) in [7, 11) is 0. The second-order valence-electron chi connectivity index (χ2n) is 6.69. The number of rotatable bonds is 5. The van der Waals surface area contributed by atoms with Crippen molar-refractivity contribution in [1.29, 1.82) is 5.26 Å². The number of aromatic amines is 1. The predicted molar refractivity (Wildman–Crippen MR) is 107 cm³/mol. The number of nitrogens with zero attached hydrogens (tertiary/aromatic N) is 4. The van der Waals surface area contributed by atoms with Crippen molar-refractivity contribution in [2.45, 2.75) is 26.7 Å². The van der Waals surface area contributed by atoms with Gasteiger partial charge in [-0.15, -0.1) is 0 Å². The zero-order valence-electron chi connectivity index (χ0n) is 16.0. The largest absolute Gasteiger partial charge is 0.494 e. The number of aryl methyl sites for hydroxylation is 1. The second-order valence-corrected chi connectivity index (χ2v) is 6.69. The van der Waals surface area contributed by atoms with Crippen LogP contribution in [0.2, 0.25) is 0 Å². The molecule has 0 amide bonds. The van der Waals surface area contributed by atoms with Gasteiger partial charge in [0.1, 0.15) is 40.1 Å². The third-order valence-corrected chi connectivity index (χ3v) is 4.68. The zero-order chi connectivity index (χ0) is 20.5. The van der Waals surface area contributed by atoms with Crippen LogP contribution in [0.25, 0.3) is 27.6 Å². The molecule has 0 aliphatic carbocycles. The van der Waals surface area contributed by atoms with Crippen LogP contribution >= 0.6 is 0 Å². The quantitative estimate of drug-likeness (QED) is 0.523. The van der Waals surface area contributed by atoms with Gasteiger partial charge in [-0.2, -0.15) is 10.4 Å². The SMILES string of the molecule is CCCCOc1ccc(F)c(-n2nc(C)c3c(=O)[nH]c4ccc(C#N)nc4c32)c1. The van der Waals surface area contributed by atoms with Crippen molar-refractivity contribution in [3.05, 3.63) is 57.9 Å². The number of benzene rings is 1. The third-order valence-electron chi connectivity index (χ3n) is 4.68. The van der Waals surface area contributed by atoms with Crippen LogP contribution in [0.5, 0.6) is 5.75 Å². The fourth-order valence-electron chi connectivity index (χ4n) is 3.26. The Bertz CT molecular complexity index is 1330. The van der Waals surface area contributed by atoms with Gasteiger partial charge in [-0.05, 0) is 37.6 Å². The summed E-state index contributed by atoms with van der Waals surface area (Å²) in [6.07, 6.45) is 1.87. The number of unbranched alkanes of at least 4 members (excludes halogenated alkanes) is 1. The summed E-state index contributed by atoms with van der Waals surface area (Å²) in [5.74, 6) is -0.00177. The van der Waals surface area contributed by atoms with Gasteiger partial charge < -0.3 is 9.72 Å². The number of fused-ring (bicyclic) bond motifs is 3. The highest BCUT2D eigenvalue weighted by Crippen LogP contribution is 2.28. The van der Waals surface area contributed by atoms with E-state index in [1.807, 2.05) is 6.07 Å². The van der Waals surface area contributed by atoms with Gasteiger partial charge in [0.15, 0.2) is 0 Å².